The molecule has 1 aromatic carbocycles. The number of benzene rings is 1. The summed E-state index contributed by atoms with van der Waals surface area (Å²) in [6.07, 6.45) is 7.39. The van der Waals surface area contributed by atoms with Crippen LogP contribution in [0.15, 0.2) is 23.8 Å². The summed E-state index contributed by atoms with van der Waals surface area (Å²) in [4.78, 5) is 0. The van der Waals surface area contributed by atoms with Crippen LogP contribution in [-0.4, -0.2) is 19.7 Å². The van der Waals surface area contributed by atoms with E-state index in [0.717, 1.165) is 12.2 Å². The zero-order valence-electron chi connectivity index (χ0n) is 12.3. The van der Waals surface area contributed by atoms with Crippen molar-refractivity contribution < 1.29 is 4.74 Å². The van der Waals surface area contributed by atoms with E-state index >= 15 is 0 Å². The second-order valence-corrected chi connectivity index (χ2v) is 5.59. The first kappa shape index (κ1) is 14.1. The molecular weight excluding hydrogens is 234 g/mol. The van der Waals surface area contributed by atoms with Crippen LogP contribution in [0.1, 0.15) is 43.7 Å². The Hall–Kier alpha value is -1.28. The Morgan fingerprint density at radius 2 is 2.26 bits per heavy atom. The molecule has 1 fully saturated rings. The molecule has 0 saturated carbocycles. The molecule has 1 aliphatic rings. The van der Waals surface area contributed by atoms with Crippen LogP contribution in [0.4, 0.5) is 0 Å². The molecule has 0 aliphatic carbocycles. The van der Waals surface area contributed by atoms with Crippen LogP contribution in [0.5, 0.6) is 5.75 Å². The predicted octanol–water partition coefficient (Wildman–Crippen LogP) is 3.94. The number of nitrogens with one attached hydrogen (secondary N) is 1. The first-order chi connectivity index (χ1) is 9.19. The van der Waals surface area contributed by atoms with Crippen LogP contribution in [0.2, 0.25) is 0 Å². The molecule has 1 atom stereocenters. The number of rotatable bonds is 4. The van der Waals surface area contributed by atoms with Gasteiger partial charge in [0.05, 0.1) is 7.11 Å². The topological polar surface area (TPSA) is 21.3 Å². The number of aryl methyl sites for hydroxylation is 1. The molecule has 2 heteroatoms. The van der Waals surface area contributed by atoms with Crippen molar-refractivity contribution in [3.63, 3.8) is 0 Å². The number of hydrogen-bond acceptors (Lipinski definition) is 2. The molecule has 2 rings (SSSR count). The summed E-state index contributed by atoms with van der Waals surface area (Å²) >= 11 is 0. The normalized spacial score (nSPS) is 20.4. The molecule has 0 spiro atoms. The molecule has 0 radical (unpaired) electrons. The lowest BCUT2D eigenvalue weighted by atomic mass is 9.97. The van der Waals surface area contributed by atoms with Crippen LogP contribution in [0.25, 0.3) is 6.08 Å². The summed E-state index contributed by atoms with van der Waals surface area (Å²) in [5, 5.41) is 3.60. The standard InChI is InChI=1S/C17H25NO/c1-13-7-8-17(19-3)15(10-13)11-14(2)12-16-6-4-5-9-18-16/h7-8,10-11,16,18H,4-6,9,12H2,1-3H3/b14-11-. The van der Waals surface area contributed by atoms with Gasteiger partial charge in [0.15, 0.2) is 0 Å². The maximum Gasteiger partial charge on any atom is 0.126 e. The van der Waals surface area contributed by atoms with Gasteiger partial charge < -0.3 is 10.1 Å². The minimum Gasteiger partial charge on any atom is -0.496 e. The Morgan fingerprint density at radius 3 is 2.95 bits per heavy atom. The van der Waals surface area contributed by atoms with Crippen molar-refractivity contribution in [1.82, 2.24) is 5.32 Å². The summed E-state index contributed by atoms with van der Waals surface area (Å²) in [7, 11) is 1.74. The molecule has 0 amide bonds. The van der Waals surface area contributed by atoms with E-state index in [1.54, 1.807) is 7.11 Å². The van der Waals surface area contributed by atoms with E-state index in [0.29, 0.717) is 6.04 Å². The van der Waals surface area contributed by atoms with Gasteiger partial charge in [-0.25, -0.2) is 0 Å². The molecule has 1 heterocycles. The minimum atomic E-state index is 0.654. The van der Waals surface area contributed by atoms with Gasteiger partial charge >= 0.3 is 0 Å². The number of ether oxygens (including phenoxy) is 1. The average molecular weight is 259 g/mol. The van der Waals surface area contributed by atoms with Crippen molar-refractivity contribution in [2.75, 3.05) is 13.7 Å². The van der Waals surface area contributed by atoms with E-state index in [4.69, 9.17) is 4.74 Å². The Bertz CT molecular complexity index is 445. The minimum absolute atomic E-state index is 0.654. The molecule has 19 heavy (non-hydrogen) atoms. The van der Waals surface area contributed by atoms with Crippen molar-refractivity contribution in [2.45, 2.75) is 45.6 Å². The summed E-state index contributed by atoms with van der Waals surface area (Å²) < 4.78 is 5.43. The number of methoxy groups -OCH3 is 1. The Kier molecular flexibility index (Phi) is 5.03. The third-order valence-corrected chi connectivity index (χ3v) is 3.77. The van der Waals surface area contributed by atoms with Crippen molar-refractivity contribution in [3.05, 3.63) is 34.9 Å². The SMILES string of the molecule is COc1ccc(C)cc1/C=C(/C)CC1CCCCN1. The third-order valence-electron chi connectivity index (χ3n) is 3.77. The van der Waals surface area contributed by atoms with Crippen molar-refractivity contribution in [3.8, 4) is 5.75 Å². The first-order valence-corrected chi connectivity index (χ1v) is 7.24. The van der Waals surface area contributed by atoms with Gasteiger partial charge in [-0.15, -0.1) is 0 Å². The summed E-state index contributed by atoms with van der Waals surface area (Å²) in [5.74, 6) is 0.960. The molecule has 1 aliphatic heterocycles. The maximum atomic E-state index is 5.43. The molecule has 0 aromatic heterocycles. The van der Waals surface area contributed by atoms with Crippen LogP contribution in [-0.2, 0) is 0 Å². The fraction of sp³-hybridized carbons (Fsp3) is 0.529. The highest BCUT2D eigenvalue weighted by molar-refractivity contribution is 5.60. The first-order valence-electron chi connectivity index (χ1n) is 7.24. The lowest BCUT2D eigenvalue weighted by Gasteiger charge is -2.23. The predicted molar refractivity (Wildman–Crippen MR) is 81.6 cm³/mol. The van der Waals surface area contributed by atoms with E-state index < -0.39 is 0 Å². The molecule has 1 N–H and O–H groups in total. The van der Waals surface area contributed by atoms with E-state index in [9.17, 15) is 0 Å². The maximum absolute atomic E-state index is 5.43. The molecule has 1 unspecified atom stereocenters. The van der Waals surface area contributed by atoms with Crippen LogP contribution < -0.4 is 10.1 Å². The summed E-state index contributed by atoms with van der Waals surface area (Å²) in [6.45, 7) is 5.51. The molecule has 1 aromatic rings. The van der Waals surface area contributed by atoms with E-state index in [2.05, 4.69) is 37.4 Å². The van der Waals surface area contributed by atoms with Gasteiger partial charge in [-0.2, -0.15) is 0 Å². The Labute approximate surface area is 116 Å². The molecule has 0 bridgehead atoms. The fourth-order valence-electron chi connectivity index (χ4n) is 2.78. The van der Waals surface area contributed by atoms with E-state index in [-0.39, 0.29) is 0 Å². The third kappa shape index (κ3) is 4.10. The average Bonchev–Trinajstić information content (AvgIpc) is 2.40. The highest BCUT2D eigenvalue weighted by Crippen LogP contribution is 2.24. The number of piperidine rings is 1. The smallest absolute Gasteiger partial charge is 0.126 e. The zero-order chi connectivity index (χ0) is 13.7. The summed E-state index contributed by atoms with van der Waals surface area (Å²) in [5.41, 5.74) is 3.88. The highest BCUT2D eigenvalue weighted by Gasteiger charge is 2.12. The van der Waals surface area contributed by atoms with Gasteiger partial charge in [0, 0.05) is 11.6 Å². The zero-order valence-corrected chi connectivity index (χ0v) is 12.3. The molecule has 1 saturated heterocycles. The molecule has 2 nitrogen and oxygen atoms in total. The van der Waals surface area contributed by atoms with Crippen LogP contribution >= 0.6 is 0 Å². The van der Waals surface area contributed by atoms with Gasteiger partial charge in [-0.1, -0.05) is 29.7 Å². The second kappa shape index (κ2) is 6.76. The van der Waals surface area contributed by atoms with Crippen LogP contribution in [0.3, 0.4) is 0 Å². The van der Waals surface area contributed by atoms with Crippen molar-refractivity contribution in [1.29, 1.82) is 0 Å². The van der Waals surface area contributed by atoms with E-state index in [1.165, 1.54) is 42.5 Å². The van der Waals surface area contributed by atoms with Gasteiger partial charge in [0.2, 0.25) is 0 Å². The largest absolute Gasteiger partial charge is 0.496 e. The summed E-state index contributed by atoms with van der Waals surface area (Å²) in [6, 6.07) is 6.99. The fourth-order valence-corrected chi connectivity index (χ4v) is 2.78. The lowest BCUT2D eigenvalue weighted by molar-refractivity contribution is 0.399. The molecular formula is C17H25NO. The monoisotopic (exact) mass is 259 g/mol. The van der Waals surface area contributed by atoms with Crippen molar-refractivity contribution >= 4 is 6.08 Å². The molecule has 104 valence electrons. The second-order valence-electron chi connectivity index (χ2n) is 5.59. The Balaban J connectivity index is 2.08. The van der Waals surface area contributed by atoms with Gasteiger partial charge in [0.1, 0.15) is 5.75 Å². The lowest BCUT2D eigenvalue weighted by Crippen LogP contribution is -2.33. The Morgan fingerprint density at radius 1 is 1.42 bits per heavy atom. The van der Waals surface area contributed by atoms with E-state index in [1.807, 2.05) is 6.07 Å². The van der Waals surface area contributed by atoms with Gasteiger partial charge in [0.25, 0.3) is 0 Å². The number of hydrogen-bond donors (Lipinski definition) is 1. The van der Waals surface area contributed by atoms with Crippen LogP contribution in [0, 0.1) is 6.92 Å². The highest BCUT2D eigenvalue weighted by atomic mass is 16.5. The van der Waals surface area contributed by atoms with Gasteiger partial charge in [-0.05, 0) is 51.8 Å². The van der Waals surface area contributed by atoms with Crippen molar-refractivity contribution in [2.24, 2.45) is 0 Å². The van der Waals surface area contributed by atoms with Gasteiger partial charge in [-0.3, -0.25) is 0 Å². The quantitative estimate of drug-likeness (QED) is 0.884.